The molecule has 2 aliphatic heterocycles. The van der Waals surface area contributed by atoms with Crippen molar-refractivity contribution in [2.24, 2.45) is 0 Å². The number of hydrogen-bond acceptors (Lipinski definition) is 6. The van der Waals surface area contributed by atoms with Crippen LogP contribution in [-0.2, 0) is 6.54 Å². The molecule has 2 saturated heterocycles. The van der Waals surface area contributed by atoms with E-state index in [0.717, 1.165) is 58.0 Å². The molecule has 0 spiro atoms. The Morgan fingerprint density at radius 1 is 0.867 bits per heavy atom. The summed E-state index contributed by atoms with van der Waals surface area (Å²) in [6.45, 7) is 7.57. The second-order valence-electron chi connectivity index (χ2n) is 8.50. The van der Waals surface area contributed by atoms with Gasteiger partial charge in [0.1, 0.15) is 12.4 Å². The number of benzene rings is 2. The molecule has 1 unspecified atom stereocenters. The molecule has 162 valence electrons. The molecule has 2 fully saturated rings. The molecule has 0 saturated carbocycles. The summed E-state index contributed by atoms with van der Waals surface area (Å²) in [5.41, 5.74) is 1.88. The molecule has 2 aromatic carbocycles. The second-order valence-corrected chi connectivity index (χ2v) is 8.50. The minimum absolute atomic E-state index is 0.0232. The first-order valence-electron chi connectivity index (χ1n) is 10.9. The largest absolute Gasteiger partial charge is 0.491 e. The van der Waals surface area contributed by atoms with Crippen LogP contribution >= 0.6 is 0 Å². The molecule has 0 aliphatic carbocycles. The summed E-state index contributed by atoms with van der Waals surface area (Å²) >= 11 is 0. The van der Waals surface area contributed by atoms with E-state index in [1.165, 1.54) is 11.3 Å². The zero-order valence-electron chi connectivity index (χ0n) is 17.6. The summed E-state index contributed by atoms with van der Waals surface area (Å²) in [6, 6.07) is 18.6. The van der Waals surface area contributed by atoms with E-state index in [1.54, 1.807) is 0 Å². The fourth-order valence-corrected chi connectivity index (χ4v) is 4.54. The van der Waals surface area contributed by atoms with Crippen LogP contribution in [0.25, 0.3) is 0 Å². The number of para-hydroxylation sites is 1. The highest BCUT2D eigenvalue weighted by molar-refractivity contribution is 5.46. The van der Waals surface area contributed by atoms with Crippen molar-refractivity contribution in [2.75, 3.05) is 63.9 Å². The maximum Gasteiger partial charge on any atom is 0.119 e. The van der Waals surface area contributed by atoms with Crippen molar-refractivity contribution in [3.05, 3.63) is 60.2 Å². The molecule has 6 heteroatoms. The molecule has 0 amide bonds. The quantitative estimate of drug-likeness (QED) is 0.691. The van der Waals surface area contributed by atoms with Crippen molar-refractivity contribution < 1.29 is 14.9 Å². The summed E-state index contributed by atoms with van der Waals surface area (Å²) in [5.74, 6) is 0.778. The van der Waals surface area contributed by atoms with Gasteiger partial charge in [-0.25, -0.2) is 0 Å². The van der Waals surface area contributed by atoms with Gasteiger partial charge in [0.25, 0.3) is 0 Å². The molecule has 2 heterocycles. The lowest BCUT2D eigenvalue weighted by atomic mass is 10.0. The highest BCUT2D eigenvalue weighted by atomic mass is 16.5. The van der Waals surface area contributed by atoms with Crippen LogP contribution in [0, 0.1) is 0 Å². The third-order valence-electron chi connectivity index (χ3n) is 6.11. The molecule has 6 nitrogen and oxygen atoms in total. The summed E-state index contributed by atoms with van der Waals surface area (Å²) in [6.07, 6.45) is 0.823. The van der Waals surface area contributed by atoms with E-state index < -0.39 is 5.60 Å². The lowest BCUT2D eigenvalue weighted by molar-refractivity contribution is 0.00978. The standard InChI is InChI=1S/C24H33N3O3/c28-16-17-30-23-8-6-21(7-9-23)18-26-11-10-24(29,20-26)19-25-12-14-27(15-13-25)22-4-2-1-3-5-22/h1-9,28-29H,10-20H2. The van der Waals surface area contributed by atoms with Gasteiger partial charge >= 0.3 is 0 Å². The normalized spacial score (nSPS) is 23.1. The number of piperazine rings is 1. The zero-order valence-corrected chi connectivity index (χ0v) is 17.6. The van der Waals surface area contributed by atoms with Crippen LogP contribution in [0.1, 0.15) is 12.0 Å². The Bertz CT molecular complexity index is 778. The third-order valence-corrected chi connectivity index (χ3v) is 6.11. The van der Waals surface area contributed by atoms with Crippen molar-refractivity contribution >= 4 is 5.69 Å². The summed E-state index contributed by atoms with van der Waals surface area (Å²) in [7, 11) is 0. The molecular weight excluding hydrogens is 378 g/mol. The van der Waals surface area contributed by atoms with Gasteiger partial charge in [-0.15, -0.1) is 0 Å². The molecule has 2 aromatic rings. The monoisotopic (exact) mass is 411 g/mol. The predicted octanol–water partition coefficient (Wildman–Crippen LogP) is 1.82. The maximum atomic E-state index is 11.2. The summed E-state index contributed by atoms with van der Waals surface area (Å²) < 4.78 is 5.42. The van der Waals surface area contributed by atoms with Gasteiger partial charge in [0, 0.05) is 58.0 Å². The number of β-amino-alcohol motifs (C(OH)–C–C–N with tert-alkyl or cyclic N) is 1. The van der Waals surface area contributed by atoms with E-state index in [4.69, 9.17) is 9.84 Å². The summed E-state index contributed by atoms with van der Waals surface area (Å²) in [4.78, 5) is 7.18. The molecule has 30 heavy (non-hydrogen) atoms. The Kier molecular flexibility index (Phi) is 6.89. The van der Waals surface area contributed by atoms with E-state index in [1.807, 2.05) is 12.1 Å². The first-order valence-corrected chi connectivity index (χ1v) is 10.9. The lowest BCUT2D eigenvalue weighted by Crippen LogP contribution is -2.52. The zero-order chi connectivity index (χ0) is 20.8. The van der Waals surface area contributed by atoms with Crippen molar-refractivity contribution in [3.8, 4) is 5.75 Å². The van der Waals surface area contributed by atoms with Gasteiger partial charge in [0.2, 0.25) is 0 Å². The Labute approximate surface area is 179 Å². The number of ether oxygens (including phenoxy) is 1. The molecule has 4 rings (SSSR count). The van der Waals surface area contributed by atoms with E-state index in [-0.39, 0.29) is 6.61 Å². The van der Waals surface area contributed by atoms with Crippen LogP contribution in [0.4, 0.5) is 5.69 Å². The highest BCUT2D eigenvalue weighted by Gasteiger charge is 2.38. The smallest absolute Gasteiger partial charge is 0.119 e. The number of rotatable bonds is 8. The summed E-state index contributed by atoms with van der Waals surface area (Å²) in [5, 5.41) is 20.0. The van der Waals surface area contributed by atoms with Gasteiger partial charge < -0.3 is 19.8 Å². The Balaban J connectivity index is 1.23. The van der Waals surface area contributed by atoms with E-state index in [9.17, 15) is 5.11 Å². The molecule has 0 bridgehead atoms. The minimum atomic E-state index is -0.626. The van der Waals surface area contributed by atoms with Gasteiger partial charge in [0.05, 0.1) is 12.2 Å². The number of anilines is 1. The van der Waals surface area contributed by atoms with Crippen molar-refractivity contribution in [2.45, 2.75) is 18.6 Å². The van der Waals surface area contributed by atoms with Crippen molar-refractivity contribution in [1.29, 1.82) is 0 Å². The molecule has 1 atom stereocenters. The van der Waals surface area contributed by atoms with E-state index >= 15 is 0 Å². The van der Waals surface area contributed by atoms with Gasteiger partial charge in [-0.2, -0.15) is 0 Å². The minimum Gasteiger partial charge on any atom is -0.491 e. The van der Waals surface area contributed by atoms with Gasteiger partial charge in [-0.1, -0.05) is 30.3 Å². The number of aliphatic hydroxyl groups excluding tert-OH is 1. The van der Waals surface area contributed by atoms with Crippen LogP contribution in [0.2, 0.25) is 0 Å². The molecule has 2 aliphatic rings. The fraction of sp³-hybridized carbons (Fsp3) is 0.500. The maximum absolute atomic E-state index is 11.2. The highest BCUT2D eigenvalue weighted by Crippen LogP contribution is 2.26. The van der Waals surface area contributed by atoms with Gasteiger partial charge in [-0.05, 0) is 36.2 Å². The number of nitrogens with zero attached hydrogens (tertiary/aromatic N) is 3. The fourth-order valence-electron chi connectivity index (χ4n) is 4.54. The first kappa shape index (κ1) is 21.1. The number of likely N-dealkylation sites (tertiary alicyclic amines) is 1. The number of aliphatic hydroxyl groups is 2. The van der Waals surface area contributed by atoms with Crippen LogP contribution < -0.4 is 9.64 Å². The third kappa shape index (κ3) is 5.52. The Morgan fingerprint density at radius 3 is 2.30 bits per heavy atom. The van der Waals surface area contributed by atoms with Gasteiger partial charge in [-0.3, -0.25) is 9.80 Å². The van der Waals surface area contributed by atoms with Gasteiger partial charge in [0.15, 0.2) is 0 Å². The first-order chi connectivity index (χ1) is 14.6. The molecule has 0 aromatic heterocycles. The number of hydrogen-bond donors (Lipinski definition) is 2. The predicted molar refractivity (Wildman–Crippen MR) is 119 cm³/mol. The van der Waals surface area contributed by atoms with E-state index in [2.05, 4.69) is 57.2 Å². The topological polar surface area (TPSA) is 59.4 Å². The van der Waals surface area contributed by atoms with Crippen molar-refractivity contribution in [3.63, 3.8) is 0 Å². The van der Waals surface area contributed by atoms with Crippen LogP contribution in [-0.4, -0.2) is 84.6 Å². The Hall–Kier alpha value is -2.12. The van der Waals surface area contributed by atoms with Crippen molar-refractivity contribution in [1.82, 2.24) is 9.80 Å². The van der Waals surface area contributed by atoms with Crippen LogP contribution in [0.3, 0.4) is 0 Å². The van der Waals surface area contributed by atoms with E-state index in [0.29, 0.717) is 13.2 Å². The van der Waals surface area contributed by atoms with Crippen LogP contribution in [0.5, 0.6) is 5.75 Å². The Morgan fingerprint density at radius 2 is 1.60 bits per heavy atom. The lowest BCUT2D eigenvalue weighted by Gasteiger charge is -2.39. The van der Waals surface area contributed by atoms with Crippen LogP contribution in [0.15, 0.2) is 54.6 Å². The SMILES string of the molecule is OCCOc1ccc(CN2CCC(O)(CN3CCN(c4ccccc4)CC3)C2)cc1. The molecule has 2 N–H and O–H groups in total. The average molecular weight is 412 g/mol. The second kappa shape index (κ2) is 9.79. The molecular formula is C24H33N3O3. The molecule has 0 radical (unpaired) electrons. The average Bonchev–Trinajstić information content (AvgIpc) is 3.14.